The van der Waals surface area contributed by atoms with Crippen molar-refractivity contribution in [2.24, 2.45) is 0 Å². The quantitative estimate of drug-likeness (QED) is 0.782. The molecular formula is C15H13ClF2O5. The molecule has 2 atom stereocenters. The molecule has 0 N–H and O–H groups in total. The zero-order valence-electron chi connectivity index (χ0n) is 12.1. The van der Waals surface area contributed by atoms with Gasteiger partial charge in [-0.05, 0) is 30.7 Å². The summed E-state index contributed by atoms with van der Waals surface area (Å²) in [5.74, 6) is -7.21. The number of benzene rings is 1. The third kappa shape index (κ3) is 3.79. The smallest absolute Gasteiger partial charge is 0.424 e. The Morgan fingerprint density at radius 3 is 2.61 bits per heavy atom. The molecule has 23 heavy (non-hydrogen) atoms. The minimum Gasteiger partial charge on any atom is -0.460 e. The molecule has 0 fully saturated rings. The summed E-state index contributed by atoms with van der Waals surface area (Å²) in [5, 5.41) is 0.463. The molecule has 5 nitrogen and oxygen atoms in total. The average Bonchev–Trinajstić information content (AvgIpc) is 2.54. The van der Waals surface area contributed by atoms with Gasteiger partial charge in [-0.2, -0.15) is 4.39 Å². The maximum Gasteiger partial charge on any atom is 0.424 e. The molecule has 1 heterocycles. The number of carbonyl (C=O) groups excluding carboxylic acids is 2. The molecule has 1 aliphatic rings. The molecule has 2 unspecified atom stereocenters. The number of allylic oxidation sites excluding steroid dienone is 1. The summed E-state index contributed by atoms with van der Waals surface area (Å²) in [5.41, 5.74) is 0.563. The Morgan fingerprint density at radius 2 is 2.04 bits per heavy atom. The molecule has 0 aliphatic carbocycles. The molecule has 0 amide bonds. The summed E-state index contributed by atoms with van der Waals surface area (Å²) in [4.78, 5) is 26.1. The highest BCUT2D eigenvalue weighted by Crippen LogP contribution is 2.39. The van der Waals surface area contributed by atoms with Gasteiger partial charge in [-0.25, -0.2) is 14.5 Å². The molecule has 124 valence electrons. The molecule has 8 heteroatoms. The molecule has 1 aromatic rings. The van der Waals surface area contributed by atoms with E-state index in [9.17, 15) is 18.5 Å². The average molecular weight is 347 g/mol. The van der Waals surface area contributed by atoms with E-state index in [0.717, 1.165) is 0 Å². The third-order valence-electron chi connectivity index (χ3n) is 3.26. The fraction of sp³-hybridized carbons (Fsp3) is 0.333. The Hall–Kier alpha value is -2.15. The number of hydrogen-bond donors (Lipinski definition) is 0. The van der Waals surface area contributed by atoms with Crippen LogP contribution >= 0.6 is 11.6 Å². The first-order valence-corrected chi connectivity index (χ1v) is 7.12. The van der Waals surface area contributed by atoms with Gasteiger partial charge in [-0.15, -0.1) is 0 Å². The molecule has 0 spiro atoms. The minimum atomic E-state index is -3.13. The van der Waals surface area contributed by atoms with Crippen LogP contribution in [0.1, 0.15) is 24.8 Å². The molecule has 0 bridgehead atoms. The second-order valence-electron chi connectivity index (χ2n) is 4.81. The van der Waals surface area contributed by atoms with Crippen molar-refractivity contribution in [3.05, 3.63) is 46.7 Å². The van der Waals surface area contributed by atoms with Gasteiger partial charge in [0.05, 0.1) is 6.61 Å². The molecule has 0 saturated carbocycles. The lowest BCUT2D eigenvalue weighted by molar-refractivity contribution is -0.232. The van der Waals surface area contributed by atoms with Crippen LogP contribution in [0.25, 0.3) is 0 Å². The highest BCUT2D eigenvalue weighted by molar-refractivity contribution is 6.30. The van der Waals surface area contributed by atoms with Crippen molar-refractivity contribution in [3.63, 3.8) is 0 Å². The van der Waals surface area contributed by atoms with E-state index < -0.39 is 35.9 Å². The van der Waals surface area contributed by atoms with E-state index in [-0.39, 0.29) is 6.61 Å². The Bertz CT molecular complexity index is 631. The molecule has 1 aromatic carbocycles. The first kappa shape index (κ1) is 17.2. The molecule has 0 radical (unpaired) electrons. The van der Waals surface area contributed by atoms with Crippen LogP contribution in [-0.2, 0) is 24.0 Å². The number of hydrogen-bond acceptors (Lipinski definition) is 5. The van der Waals surface area contributed by atoms with Crippen molar-refractivity contribution < 1.29 is 32.9 Å². The van der Waals surface area contributed by atoms with Crippen LogP contribution in [0.3, 0.4) is 0 Å². The topological polar surface area (TPSA) is 61.8 Å². The lowest BCUT2D eigenvalue weighted by Gasteiger charge is -2.31. The second kappa shape index (κ2) is 6.95. The van der Waals surface area contributed by atoms with E-state index in [0.29, 0.717) is 10.6 Å². The van der Waals surface area contributed by atoms with Crippen LogP contribution < -0.4 is 0 Å². The van der Waals surface area contributed by atoms with Gasteiger partial charge in [-0.3, -0.25) is 0 Å². The predicted molar refractivity (Wildman–Crippen MR) is 75.7 cm³/mol. The normalized spacial score (nSPS) is 23.5. The van der Waals surface area contributed by atoms with E-state index in [4.69, 9.17) is 21.1 Å². The van der Waals surface area contributed by atoms with Gasteiger partial charge < -0.3 is 9.47 Å². The molecule has 0 saturated heterocycles. The van der Waals surface area contributed by atoms with Crippen LogP contribution in [0.2, 0.25) is 5.02 Å². The minimum absolute atomic E-state index is 0.0258. The lowest BCUT2D eigenvalue weighted by Crippen LogP contribution is -2.42. The van der Waals surface area contributed by atoms with Crippen molar-refractivity contribution >= 4 is 23.5 Å². The SMILES string of the molecule is CCOC(=O)C1=CC(c2ccc(Cl)cc2)CC(F)(C(=O)OF)O1. The maximum absolute atomic E-state index is 14.6. The third-order valence-corrected chi connectivity index (χ3v) is 3.51. The largest absolute Gasteiger partial charge is 0.460 e. The fourth-order valence-electron chi connectivity index (χ4n) is 2.19. The maximum atomic E-state index is 14.6. The number of alkyl halides is 1. The summed E-state index contributed by atoms with van der Waals surface area (Å²) >= 11 is 5.79. The van der Waals surface area contributed by atoms with Gasteiger partial charge in [0.15, 0.2) is 0 Å². The summed E-state index contributed by atoms with van der Waals surface area (Å²) < 4.78 is 36.2. The standard InChI is InChI=1S/C15H13ClF2O5/c1-2-21-13(19)12-7-10(9-3-5-11(16)6-4-9)8-15(17,22-12)14(20)23-18/h3-7,10H,2,8H2,1H3. The molecular weight excluding hydrogens is 334 g/mol. The monoisotopic (exact) mass is 346 g/mol. The lowest BCUT2D eigenvalue weighted by atomic mass is 9.89. The summed E-state index contributed by atoms with van der Waals surface area (Å²) in [6.07, 6.45) is 0.755. The van der Waals surface area contributed by atoms with E-state index in [1.165, 1.54) is 6.08 Å². The number of ether oxygens (including phenoxy) is 2. The highest BCUT2D eigenvalue weighted by Gasteiger charge is 2.50. The van der Waals surface area contributed by atoms with Gasteiger partial charge >= 0.3 is 17.8 Å². The zero-order valence-corrected chi connectivity index (χ0v) is 12.8. The first-order chi connectivity index (χ1) is 10.9. The predicted octanol–water partition coefficient (Wildman–Crippen LogP) is 3.38. The van der Waals surface area contributed by atoms with E-state index in [2.05, 4.69) is 4.94 Å². The summed E-state index contributed by atoms with van der Waals surface area (Å²) in [6.45, 7) is 1.58. The van der Waals surface area contributed by atoms with Gasteiger partial charge in [0.1, 0.15) is 0 Å². The first-order valence-electron chi connectivity index (χ1n) is 6.75. The number of esters is 1. The zero-order chi connectivity index (χ0) is 17.0. The number of rotatable bonds is 4. The van der Waals surface area contributed by atoms with Crippen LogP contribution in [-0.4, -0.2) is 24.4 Å². The van der Waals surface area contributed by atoms with Gasteiger partial charge in [0.25, 0.3) is 0 Å². The Kier molecular flexibility index (Phi) is 5.20. The second-order valence-corrected chi connectivity index (χ2v) is 5.25. The number of carbonyl (C=O) groups is 2. The Morgan fingerprint density at radius 1 is 1.39 bits per heavy atom. The van der Waals surface area contributed by atoms with Gasteiger partial charge in [-0.1, -0.05) is 23.7 Å². The summed E-state index contributed by atoms with van der Waals surface area (Å²) in [7, 11) is 0. The highest BCUT2D eigenvalue weighted by atomic mass is 35.5. The van der Waals surface area contributed by atoms with Crippen LogP contribution in [0.5, 0.6) is 0 Å². The van der Waals surface area contributed by atoms with Crippen molar-refractivity contribution in [1.82, 2.24) is 0 Å². The van der Waals surface area contributed by atoms with Gasteiger partial charge in [0, 0.05) is 21.9 Å². The van der Waals surface area contributed by atoms with E-state index >= 15 is 0 Å². The van der Waals surface area contributed by atoms with Crippen LogP contribution in [0, 0.1) is 0 Å². The van der Waals surface area contributed by atoms with Crippen molar-refractivity contribution in [1.29, 1.82) is 0 Å². The van der Waals surface area contributed by atoms with Crippen molar-refractivity contribution in [2.45, 2.75) is 25.1 Å². The Balaban J connectivity index is 2.39. The van der Waals surface area contributed by atoms with Crippen LogP contribution in [0.15, 0.2) is 36.1 Å². The number of halogens is 3. The van der Waals surface area contributed by atoms with E-state index in [1.54, 1.807) is 31.2 Å². The molecule has 1 aliphatic heterocycles. The molecule has 2 rings (SSSR count). The summed E-state index contributed by atoms with van der Waals surface area (Å²) in [6, 6.07) is 6.33. The fourth-order valence-corrected chi connectivity index (χ4v) is 2.32. The molecule has 0 aromatic heterocycles. The van der Waals surface area contributed by atoms with Crippen molar-refractivity contribution in [2.75, 3.05) is 6.61 Å². The Labute approximate surface area is 135 Å². The van der Waals surface area contributed by atoms with Gasteiger partial charge in [0.2, 0.25) is 5.76 Å². The van der Waals surface area contributed by atoms with Crippen molar-refractivity contribution in [3.8, 4) is 0 Å². The van der Waals surface area contributed by atoms with Crippen LogP contribution in [0.4, 0.5) is 8.92 Å². The van der Waals surface area contributed by atoms with E-state index in [1.807, 2.05) is 0 Å².